The molecule has 2 aromatic rings. The second-order valence-electron chi connectivity index (χ2n) is 3.82. The first-order valence-corrected chi connectivity index (χ1v) is 5.42. The van der Waals surface area contributed by atoms with Gasteiger partial charge in [0.05, 0.1) is 17.9 Å². The maximum atomic E-state index is 4.21. The van der Waals surface area contributed by atoms with Crippen molar-refractivity contribution >= 4 is 0 Å². The van der Waals surface area contributed by atoms with Crippen molar-refractivity contribution in [3.63, 3.8) is 0 Å². The molecule has 2 heterocycles. The zero-order valence-corrected chi connectivity index (χ0v) is 9.88. The summed E-state index contributed by atoms with van der Waals surface area (Å²) in [5, 5.41) is 11.8. The van der Waals surface area contributed by atoms with Gasteiger partial charge in [0.15, 0.2) is 0 Å². The second kappa shape index (κ2) is 4.49. The predicted octanol–water partition coefficient (Wildman–Crippen LogP) is 0.852. The molecular formula is C11H17N5. The van der Waals surface area contributed by atoms with Crippen LogP contribution in [0, 0.1) is 0 Å². The molecule has 0 saturated carbocycles. The largest absolute Gasteiger partial charge is 0.305 e. The van der Waals surface area contributed by atoms with E-state index < -0.39 is 0 Å². The summed E-state index contributed by atoms with van der Waals surface area (Å²) < 4.78 is 3.70. The summed E-state index contributed by atoms with van der Waals surface area (Å²) in [6, 6.07) is 2.19. The van der Waals surface area contributed by atoms with Gasteiger partial charge in [-0.05, 0) is 12.6 Å². The standard InChI is InChI=1S/C11H17N5/c1-4-12-11(9-7-14-15(2)8-9)10-5-6-13-16(10)3/h5-8,11-12H,4H2,1-3H3. The van der Waals surface area contributed by atoms with Gasteiger partial charge in [0.25, 0.3) is 0 Å². The van der Waals surface area contributed by atoms with Crippen LogP contribution in [0.1, 0.15) is 24.2 Å². The highest BCUT2D eigenvalue weighted by Gasteiger charge is 2.17. The van der Waals surface area contributed by atoms with E-state index in [4.69, 9.17) is 0 Å². The molecule has 5 nitrogen and oxygen atoms in total. The van der Waals surface area contributed by atoms with Crippen molar-refractivity contribution in [2.45, 2.75) is 13.0 Å². The maximum Gasteiger partial charge on any atom is 0.0778 e. The zero-order valence-electron chi connectivity index (χ0n) is 9.88. The SMILES string of the molecule is CCNC(c1cnn(C)c1)c1ccnn1C. The Morgan fingerprint density at radius 2 is 2.19 bits per heavy atom. The smallest absolute Gasteiger partial charge is 0.0778 e. The molecule has 0 fully saturated rings. The monoisotopic (exact) mass is 219 g/mol. The first kappa shape index (κ1) is 10.9. The number of hydrogen-bond donors (Lipinski definition) is 1. The molecule has 1 N–H and O–H groups in total. The molecule has 0 amide bonds. The third kappa shape index (κ3) is 1.99. The summed E-state index contributed by atoms with van der Waals surface area (Å²) >= 11 is 0. The molecule has 2 aromatic heterocycles. The average molecular weight is 219 g/mol. The van der Waals surface area contributed by atoms with Gasteiger partial charge in [-0.2, -0.15) is 10.2 Å². The molecule has 0 saturated heterocycles. The van der Waals surface area contributed by atoms with Crippen LogP contribution in [0.2, 0.25) is 0 Å². The first-order valence-electron chi connectivity index (χ1n) is 5.42. The Bertz CT molecular complexity index is 456. The number of aromatic nitrogens is 4. The van der Waals surface area contributed by atoms with Gasteiger partial charge in [0.1, 0.15) is 0 Å². The van der Waals surface area contributed by atoms with Gasteiger partial charge in [0.2, 0.25) is 0 Å². The number of hydrogen-bond acceptors (Lipinski definition) is 3. The van der Waals surface area contributed by atoms with Crippen LogP contribution >= 0.6 is 0 Å². The Labute approximate surface area is 95.1 Å². The van der Waals surface area contributed by atoms with E-state index in [9.17, 15) is 0 Å². The summed E-state index contributed by atoms with van der Waals surface area (Å²) in [4.78, 5) is 0. The highest BCUT2D eigenvalue weighted by molar-refractivity contribution is 5.23. The van der Waals surface area contributed by atoms with Gasteiger partial charge in [-0.15, -0.1) is 0 Å². The van der Waals surface area contributed by atoms with E-state index in [2.05, 4.69) is 22.4 Å². The Morgan fingerprint density at radius 1 is 1.38 bits per heavy atom. The van der Waals surface area contributed by atoms with Crippen molar-refractivity contribution in [2.24, 2.45) is 14.1 Å². The Kier molecular flexibility index (Phi) is 3.05. The van der Waals surface area contributed by atoms with Crippen molar-refractivity contribution in [1.29, 1.82) is 0 Å². The quantitative estimate of drug-likeness (QED) is 0.829. The third-order valence-electron chi connectivity index (χ3n) is 2.62. The molecule has 1 unspecified atom stereocenters. The van der Waals surface area contributed by atoms with Crippen LogP contribution in [0.15, 0.2) is 24.7 Å². The molecule has 0 aliphatic carbocycles. The number of nitrogens with one attached hydrogen (secondary N) is 1. The van der Waals surface area contributed by atoms with Crippen LogP contribution in [-0.2, 0) is 14.1 Å². The number of nitrogens with zero attached hydrogens (tertiary/aromatic N) is 4. The number of rotatable bonds is 4. The van der Waals surface area contributed by atoms with Gasteiger partial charge < -0.3 is 5.32 Å². The third-order valence-corrected chi connectivity index (χ3v) is 2.62. The van der Waals surface area contributed by atoms with Gasteiger partial charge >= 0.3 is 0 Å². The minimum atomic E-state index is 0.159. The summed E-state index contributed by atoms with van der Waals surface area (Å²) in [7, 11) is 3.88. The van der Waals surface area contributed by atoms with Crippen molar-refractivity contribution in [1.82, 2.24) is 24.9 Å². The molecule has 5 heteroatoms. The summed E-state index contributed by atoms with van der Waals surface area (Å²) in [6.07, 6.45) is 5.73. The molecule has 0 bridgehead atoms. The van der Waals surface area contributed by atoms with E-state index in [-0.39, 0.29) is 6.04 Å². The zero-order chi connectivity index (χ0) is 11.5. The predicted molar refractivity (Wildman–Crippen MR) is 61.9 cm³/mol. The Hall–Kier alpha value is -1.62. The van der Waals surface area contributed by atoms with E-state index in [0.29, 0.717) is 0 Å². The molecule has 0 radical (unpaired) electrons. The lowest BCUT2D eigenvalue weighted by Gasteiger charge is -2.16. The van der Waals surface area contributed by atoms with Crippen LogP contribution in [0.25, 0.3) is 0 Å². The van der Waals surface area contributed by atoms with E-state index in [0.717, 1.165) is 17.8 Å². The van der Waals surface area contributed by atoms with Gasteiger partial charge in [0, 0.05) is 32.1 Å². The van der Waals surface area contributed by atoms with Crippen LogP contribution in [0.4, 0.5) is 0 Å². The molecule has 86 valence electrons. The van der Waals surface area contributed by atoms with Crippen LogP contribution in [-0.4, -0.2) is 26.1 Å². The molecule has 0 aliphatic heterocycles. The summed E-state index contributed by atoms with van der Waals surface area (Å²) in [5.74, 6) is 0. The van der Waals surface area contributed by atoms with Crippen LogP contribution in [0.5, 0.6) is 0 Å². The van der Waals surface area contributed by atoms with Crippen molar-refractivity contribution in [2.75, 3.05) is 6.54 Å². The van der Waals surface area contributed by atoms with Crippen molar-refractivity contribution in [3.05, 3.63) is 35.9 Å². The van der Waals surface area contributed by atoms with Gasteiger partial charge in [-0.1, -0.05) is 6.92 Å². The fraction of sp³-hybridized carbons (Fsp3) is 0.455. The minimum Gasteiger partial charge on any atom is -0.305 e. The van der Waals surface area contributed by atoms with Crippen LogP contribution in [0.3, 0.4) is 0 Å². The van der Waals surface area contributed by atoms with E-state index in [1.165, 1.54) is 0 Å². The molecule has 0 spiro atoms. The lowest BCUT2D eigenvalue weighted by molar-refractivity contribution is 0.572. The molecule has 2 rings (SSSR count). The fourth-order valence-corrected chi connectivity index (χ4v) is 1.85. The van der Waals surface area contributed by atoms with E-state index >= 15 is 0 Å². The maximum absolute atomic E-state index is 4.21. The van der Waals surface area contributed by atoms with Gasteiger partial charge in [-0.25, -0.2) is 0 Å². The topological polar surface area (TPSA) is 47.7 Å². The average Bonchev–Trinajstić information content (AvgIpc) is 2.84. The van der Waals surface area contributed by atoms with Crippen molar-refractivity contribution < 1.29 is 0 Å². The summed E-state index contributed by atoms with van der Waals surface area (Å²) in [5.41, 5.74) is 2.31. The lowest BCUT2D eigenvalue weighted by atomic mass is 10.1. The molecule has 1 atom stereocenters. The highest BCUT2D eigenvalue weighted by atomic mass is 15.3. The molecule has 0 aromatic carbocycles. The van der Waals surface area contributed by atoms with E-state index in [1.54, 1.807) is 0 Å². The molecule has 16 heavy (non-hydrogen) atoms. The molecular weight excluding hydrogens is 202 g/mol. The van der Waals surface area contributed by atoms with Crippen molar-refractivity contribution in [3.8, 4) is 0 Å². The minimum absolute atomic E-state index is 0.159. The Morgan fingerprint density at radius 3 is 2.69 bits per heavy atom. The normalized spacial score (nSPS) is 12.9. The number of aryl methyl sites for hydroxylation is 2. The summed E-state index contributed by atoms with van der Waals surface area (Å²) in [6.45, 7) is 3.00. The Balaban J connectivity index is 2.34. The lowest BCUT2D eigenvalue weighted by Crippen LogP contribution is -2.23. The fourth-order valence-electron chi connectivity index (χ4n) is 1.85. The van der Waals surface area contributed by atoms with E-state index in [1.807, 2.05) is 48.1 Å². The van der Waals surface area contributed by atoms with Gasteiger partial charge in [-0.3, -0.25) is 9.36 Å². The first-order chi connectivity index (χ1) is 7.72. The highest BCUT2D eigenvalue weighted by Crippen LogP contribution is 2.20. The second-order valence-corrected chi connectivity index (χ2v) is 3.82. The van der Waals surface area contributed by atoms with Crippen LogP contribution < -0.4 is 5.32 Å². The molecule has 0 aliphatic rings.